The fourth-order valence-electron chi connectivity index (χ4n) is 3.89. The van der Waals surface area contributed by atoms with Gasteiger partial charge in [-0.2, -0.15) is 0 Å². The molecule has 3 rings (SSSR count). The van der Waals surface area contributed by atoms with E-state index in [1.807, 2.05) is 24.3 Å². The molecular formula is C19H22O2. The van der Waals surface area contributed by atoms with Crippen LogP contribution < -0.4 is 0 Å². The second-order valence-electron chi connectivity index (χ2n) is 6.21. The third-order valence-corrected chi connectivity index (χ3v) is 5.06. The van der Waals surface area contributed by atoms with E-state index in [4.69, 9.17) is 0 Å². The molecule has 2 N–H and O–H groups in total. The highest BCUT2D eigenvalue weighted by Gasteiger charge is 2.41. The highest BCUT2D eigenvalue weighted by Crippen LogP contribution is 2.48. The van der Waals surface area contributed by atoms with Crippen LogP contribution in [0, 0.1) is 5.92 Å². The second kappa shape index (κ2) is 5.44. The van der Waals surface area contributed by atoms with E-state index >= 15 is 0 Å². The molecule has 1 fully saturated rings. The van der Waals surface area contributed by atoms with Gasteiger partial charge in [-0.1, -0.05) is 44.0 Å². The zero-order valence-electron chi connectivity index (χ0n) is 12.4. The Bertz CT molecular complexity index is 553. The van der Waals surface area contributed by atoms with E-state index in [1.54, 1.807) is 24.3 Å². The summed E-state index contributed by atoms with van der Waals surface area (Å²) in [5.74, 6) is 1.16. The van der Waals surface area contributed by atoms with Crippen LogP contribution in [0.4, 0.5) is 0 Å². The summed E-state index contributed by atoms with van der Waals surface area (Å²) in [4.78, 5) is 0. The fraction of sp³-hybridized carbons (Fsp3) is 0.368. The van der Waals surface area contributed by atoms with Gasteiger partial charge in [0.1, 0.15) is 11.5 Å². The van der Waals surface area contributed by atoms with Gasteiger partial charge in [0.2, 0.25) is 0 Å². The molecule has 2 aromatic rings. The van der Waals surface area contributed by atoms with E-state index in [1.165, 1.54) is 30.4 Å². The minimum absolute atomic E-state index is 0.0142. The van der Waals surface area contributed by atoms with Crippen LogP contribution in [0.1, 0.15) is 43.7 Å². The molecule has 1 saturated carbocycles. The third-order valence-electron chi connectivity index (χ3n) is 5.06. The number of phenolic OH excluding ortho intramolecular Hbond substituents is 2. The number of phenols is 2. The van der Waals surface area contributed by atoms with Crippen molar-refractivity contribution in [2.24, 2.45) is 5.92 Å². The van der Waals surface area contributed by atoms with E-state index in [0.29, 0.717) is 17.4 Å². The molecule has 1 unspecified atom stereocenters. The summed E-state index contributed by atoms with van der Waals surface area (Å²) in [6.07, 6.45) is 4.82. The zero-order chi connectivity index (χ0) is 14.9. The van der Waals surface area contributed by atoms with Crippen molar-refractivity contribution in [2.45, 2.75) is 38.0 Å². The molecule has 1 aliphatic rings. The maximum absolute atomic E-state index is 9.58. The van der Waals surface area contributed by atoms with Crippen molar-refractivity contribution >= 4 is 0 Å². The van der Waals surface area contributed by atoms with Crippen molar-refractivity contribution in [3.05, 3.63) is 59.7 Å². The molecule has 0 bridgehead atoms. The summed E-state index contributed by atoms with van der Waals surface area (Å²) in [6.45, 7) is 2.32. The van der Waals surface area contributed by atoms with Crippen molar-refractivity contribution in [2.75, 3.05) is 0 Å². The Labute approximate surface area is 126 Å². The molecule has 2 heteroatoms. The average Bonchev–Trinajstić information content (AvgIpc) is 2.50. The van der Waals surface area contributed by atoms with Gasteiger partial charge in [0.15, 0.2) is 0 Å². The predicted molar refractivity (Wildman–Crippen MR) is 84.6 cm³/mol. The molecule has 2 aromatic carbocycles. The average molecular weight is 282 g/mol. The summed E-state index contributed by atoms with van der Waals surface area (Å²) >= 11 is 0. The van der Waals surface area contributed by atoms with Gasteiger partial charge in [0.05, 0.1) is 0 Å². The van der Waals surface area contributed by atoms with Crippen molar-refractivity contribution in [3.63, 3.8) is 0 Å². The first-order valence-electron chi connectivity index (χ1n) is 7.72. The maximum atomic E-state index is 9.58. The molecule has 21 heavy (non-hydrogen) atoms. The Balaban J connectivity index is 2.14. The number of rotatable bonds is 2. The van der Waals surface area contributed by atoms with Crippen LogP contribution in [-0.4, -0.2) is 10.2 Å². The SMILES string of the molecule is CC1CCCCC1(c1ccc(O)cc1)c1ccc(O)cc1. The smallest absolute Gasteiger partial charge is 0.115 e. The van der Waals surface area contributed by atoms with Crippen LogP contribution in [0.3, 0.4) is 0 Å². The normalized spacial score (nSPS) is 21.1. The Kier molecular flexibility index (Phi) is 3.62. The Morgan fingerprint density at radius 2 is 1.29 bits per heavy atom. The molecule has 1 aliphatic carbocycles. The molecule has 2 nitrogen and oxygen atoms in total. The molecule has 0 aliphatic heterocycles. The Hall–Kier alpha value is -1.96. The van der Waals surface area contributed by atoms with Crippen LogP contribution in [-0.2, 0) is 5.41 Å². The Morgan fingerprint density at radius 3 is 1.71 bits per heavy atom. The molecule has 0 amide bonds. The second-order valence-corrected chi connectivity index (χ2v) is 6.21. The topological polar surface area (TPSA) is 40.5 Å². The first kappa shape index (κ1) is 14.0. The molecule has 110 valence electrons. The van der Waals surface area contributed by atoms with E-state index in [2.05, 4.69) is 6.92 Å². The monoisotopic (exact) mass is 282 g/mol. The fourth-order valence-corrected chi connectivity index (χ4v) is 3.89. The van der Waals surface area contributed by atoms with Crippen LogP contribution in [0.25, 0.3) is 0 Å². The quantitative estimate of drug-likeness (QED) is 0.845. The van der Waals surface area contributed by atoms with Crippen LogP contribution in [0.15, 0.2) is 48.5 Å². The van der Waals surface area contributed by atoms with Gasteiger partial charge in [0.25, 0.3) is 0 Å². The zero-order valence-corrected chi connectivity index (χ0v) is 12.4. The van der Waals surface area contributed by atoms with Crippen molar-refractivity contribution in [1.82, 2.24) is 0 Å². The molecule has 0 heterocycles. The number of hydrogen-bond donors (Lipinski definition) is 2. The number of hydrogen-bond acceptors (Lipinski definition) is 2. The maximum Gasteiger partial charge on any atom is 0.115 e. The lowest BCUT2D eigenvalue weighted by Gasteiger charge is -2.44. The van der Waals surface area contributed by atoms with Gasteiger partial charge in [-0.05, 0) is 54.2 Å². The third kappa shape index (κ3) is 2.39. The molecule has 0 radical (unpaired) electrons. The lowest BCUT2D eigenvalue weighted by atomic mass is 9.60. The first-order valence-corrected chi connectivity index (χ1v) is 7.72. The minimum atomic E-state index is -0.0142. The van der Waals surface area contributed by atoms with Gasteiger partial charge in [-0.3, -0.25) is 0 Å². The highest BCUT2D eigenvalue weighted by atomic mass is 16.3. The molecule has 0 aromatic heterocycles. The van der Waals surface area contributed by atoms with Crippen LogP contribution in [0.2, 0.25) is 0 Å². The lowest BCUT2D eigenvalue weighted by molar-refractivity contribution is 0.244. The van der Waals surface area contributed by atoms with Crippen LogP contribution >= 0.6 is 0 Å². The van der Waals surface area contributed by atoms with E-state index in [9.17, 15) is 10.2 Å². The van der Waals surface area contributed by atoms with E-state index < -0.39 is 0 Å². The molecule has 0 spiro atoms. The summed E-state index contributed by atoms with van der Waals surface area (Å²) in [6, 6.07) is 15.3. The van der Waals surface area contributed by atoms with Crippen molar-refractivity contribution < 1.29 is 10.2 Å². The van der Waals surface area contributed by atoms with E-state index in [-0.39, 0.29) is 5.41 Å². The largest absolute Gasteiger partial charge is 0.508 e. The minimum Gasteiger partial charge on any atom is -0.508 e. The summed E-state index contributed by atoms with van der Waals surface area (Å²) < 4.78 is 0. The number of aromatic hydroxyl groups is 2. The van der Waals surface area contributed by atoms with Crippen LogP contribution in [0.5, 0.6) is 11.5 Å². The summed E-state index contributed by atoms with van der Waals surface area (Å²) in [5.41, 5.74) is 2.51. The summed E-state index contributed by atoms with van der Waals surface area (Å²) in [7, 11) is 0. The lowest BCUT2D eigenvalue weighted by Crippen LogP contribution is -2.37. The van der Waals surface area contributed by atoms with Crippen molar-refractivity contribution in [3.8, 4) is 11.5 Å². The van der Waals surface area contributed by atoms with Gasteiger partial charge in [0, 0.05) is 5.41 Å². The molecule has 1 atom stereocenters. The predicted octanol–water partition coefficient (Wildman–Crippen LogP) is 4.59. The van der Waals surface area contributed by atoms with Gasteiger partial charge < -0.3 is 10.2 Å². The van der Waals surface area contributed by atoms with E-state index in [0.717, 1.165) is 6.42 Å². The van der Waals surface area contributed by atoms with Gasteiger partial charge in [-0.15, -0.1) is 0 Å². The number of benzene rings is 2. The first-order chi connectivity index (χ1) is 10.1. The standard InChI is InChI=1S/C19H22O2/c1-14-4-2-3-13-19(14,15-5-9-17(20)10-6-15)16-7-11-18(21)12-8-16/h5-12,14,20-21H,2-4,13H2,1H3. The Morgan fingerprint density at radius 1 is 0.810 bits per heavy atom. The van der Waals surface area contributed by atoms with Crippen molar-refractivity contribution in [1.29, 1.82) is 0 Å². The van der Waals surface area contributed by atoms with Gasteiger partial charge in [-0.25, -0.2) is 0 Å². The molecular weight excluding hydrogens is 260 g/mol. The molecule has 0 saturated heterocycles. The summed E-state index contributed by atoms with van der Waals surface area (Å²) in [5, 5.41) is 19.2. The highest BCUT2D eigenvalue weighted by molar-refractivity contribution is 5.44. The van der Waals surface area contributed by atoms with Gasteiger partial charge >= 0.3 is 0 Å².